The predicted octanol–water partition coefficient (Wildman–Crippen LogP) is 3.23. The lowest BCUT2D eigenvalue weighted by atomic mass is 10.0. The Kier molecular flexibility index (Phi) is 4.18. The van der Waals surface area contributed by atoms with E-state index in [1.54, 1.807) is 0 Å². The van der Waals surface area contributed by atoms with Crippen LogP contribution in [0.25, 0.3) is 0 Å². The molecule has 2 aromatic rings. The van der Waals surface area contributed by atoms with Gasteiger partial charge in [-0.15, -0.1) is 10.2 Å². The monoisotopic (exact) mass is 316 g/mol. The molecule has 0 amide bonds. The van der Waals surface area contributed by atoms with Gasteiger partial charge in [-0.25, -0.2) is 4.68 Å². The number of nitrogen functional groups attached to an aromatic ring is 1. The summed E-state index contributed by atoms with van der Waals surface area (Å²) in [5.74, 6) is 4.70. The van der Waals surface area contributed by atoms with Crippen molar-refractivity contribution in [2.45, 2.75) is 37.9 Å². The summed E-state index contributed by atoms with van der Waals surface area (Å²) in [5.41, 5.74) is 4.42. The van der Waals surface area contributed by atoms with Gasteiger partial charge in [-0.05, 0) is 37.5 Å². The first kappa shape index (κ1) is 15.7. The van der Waals surface area contributed by atoms with E-state index >= 15 is 0 Å². The number of thioether (sulfide) groups is 1. The number of hydrogen-bond acceptors (Lipinski definition) is 4. The van der Waals surface area contributed by atoms with Crippen molar-refractivity contribution in [3.63, 3.8) is 0 Å². The zero-order chi connectivity index (χ0) is 15.8. The minimum Gasteiger partial charge on any atom is -0.335 e. The van der Waals surface area contributed by atoms with Gasteiger partial charge in [0.05, 0.1) is 0 Å². The van der Waals surface area contributed by atoms with Gasteiger partial charge >= 0.3 is 6.18 Å². The summed E-state index contributed by atoms with van der Waals surface area (Å²) in [6, 6.07) is 4.08. The van der Waals surface area contributed by atoms with Crippen LogP contribution in [0.1, 0.15) is 28.1 Å². The first-order valence-electron chi connectivity index (χ1n) is 6.17. The number of alkyl halides is 3. The van der Waals surface area contributed by atoms with E-state index in [0.717, 1.165) is 34.0 Å². The fourth-order valence-electron chi connectivity index (χ4n) is 2.14. The highest BCUT2D eigenvalue weighted by atomic mass is 32.2. The maximum atomic E-state index is 12.6. The standard InChI is InChI=1S/C13H15F3N4S/c1-7-4-8(2)10(9(3)5-7)6-21-12-19-18-11(20(12)17)13(14,15)16/h4-5H,6,17H2,1-3H3. The highest BCUT2D eigenvalue weighted by molar-refractivity contribution is 7.98. The minimum atomic E-state index is -4.60. The second-order valence-electron chi connectivity index (χ2n) is 4.84. The lowest BCUT2D eigenvalue weighted by Gasteiger charge is -2.11. The maximum Gasteiger partial charge on any atom is 0.453 e. The lowest BCUT2D eigenvalue weighted by molar-refractivity contribution is -0.146. The van der Waals surface area contributed by atoms with Gasteiger partial charge in [-0.3, -0.25) is 0 Å². The Morgan fingerprint density at radius 3 is 2.19 bits per heavy atom. The second-order valence-corrected chi connectivity index (χ2v) is 5.78. The van der Waals surface area contributed by atoms with Gasteiger partial charge in [0.2, 0.25) is 5.16 Å². The molecule has 2 rings (SSSR count). The summed E-state index contributed by atoms with van der Waals surface area (Å²) in [5, 5.41) is 6.65. The third-order valence-electron chi connectivity index (χ3n) is 3.10. The number of hydrogen-bond donors (Lipinski definition) is 1. The van der Waals surface area contributed by atoms with Crippen LogP contribution in [0.4, 0.5) is 13.2 Å². The summed E-state index contributed by atoms with van der Waals surface area (Å²) in [4.78, 5) is 0. The van der Waals surface area contributed by atoms with Gasteiger partial charge in [0.15, 0.2) is 0 Å². The quantitative estimate of drug-likeness (QED) is 0.698. The van der Waals surface area contributed by atoms with Crippen LogP contribution in [0.3, 0.4) is 0 Å². The first-order chi connectivity index (χ1) is 9.70. The molecule has 0 fully saturated rings. The topological polar surface area (TPSA) is 56.7 Å². The average molecular weight is 316 g/mol. The number of aryl methyl sites for hydroxylation is 3. The molecule has 0 atom stereocenters. The molecule has 0 aliphatic rings. The summed E-state index contributed by atoms with van der Waals surface area (Å²) < 4.78 is 38.2. The summed E-state index contributed by atoms with van der Waals surface area (Å²) in [6.07, 6.45) is -4.60. The fourth-order valence-corrected chi connectivity index (χ4v) is 3.20. The largest absolute Gasteiger partial charge is 0.453 e. The zero-order valence-electron chi connectivity index (χ0n) is 11.8. The third kappa shape index (κ3) is 3.31. The molecule has 0 saturated carbocycles. The highest BCUT2D eigenvalue weighted by Crippen LogP contribution is 2.30. The van der Waals surface area contributed by atoms with E-state index in [0.29, 0.717) is 10.4 Å². The molecule has 4 nitrogen and oxygen atoms in total. The molecule has 8 heteroatoms. The molecule has 0 aliphatic carbocycles. The Labute approximate surface area is 124 Å². The van der Waals surface area contributed by atoms with Crippen molar-refractivity contribution in [1.82, 2.24) is 14.9 Å². The molecule has 1 heterocycles. The van der Waals surface area contributed by atoms with Crippen LogP contribution < -0.4 is 5.84 Å². The summed E-state index contributed by atoms with van der Waals surface area (Å²) in [7, 11) is 0. The molecule has 1 aromatic heterocycles. The van der Waals surface area contributed by atoms with E-state index < -0.39 is 12.0 Å². The number of rotatable bonds is 3. The molecular weight excluding hydrogens is 301 g/mol. The van der Waals surface area contributed by atoms with E-state index in [1.165, 1.54) is 0 Å². The molecule has 0 spiro atoms. The van der Waals surface area contributed by atoms with Gasteiger partial charge in [0.1, 0.15) is 0 Å². The number of halogens is 3. The van der Waals surface area contributed by atoms with E-state index in [4.69, 9.17) is 5.84 Å². The Bertz CT molecular complexity index is 641. The first-order valence-corrected chi connectivity index (χ1v) is 7.16. The second kappa shape index (κ2) is 5.59. The van der Waals surface area contributed by atoms with Crippen LogP contribution >= 0.6 is 11.8 Å². The number of nitrogens with zero attached hydrogens (tertiary/aromatic N) is 3. The smallest absolute Gasteiger partial charge is 0.335 e. The lowest BCUT2D eigenvalue weighted by Crippen LogP contribution is -2.21. The predicted molar refractivity (Wildman–Crippen MR) is 75.4 cm³/mol. The van der Waals surface area contributed by atoms with E-state index in [-0.39, 0.29) is 5.16 Å². The van der Waals surface area contributed by atoms with Crippen LogP contribution in [0.2, 0.25) is 0 Å². The highest BCUT2D eigenvalue weighted by Gasteiger charge is 2.38. The van der Waals surface area contributed by atoms with Crippen molar-refractivity contribution in [2.75, 3.05) is 5.84 Å². The molecule has 0 aliphatic heterocycles. The fraction of sp³-hybridized carbons (Fsp3) is 0.385. The summed E-state index contributed by atoms with van der Waals surface area (Å²) in [6.45, 7) is 5.96. The van der Waals surface area contributed by atoms with Crippen molar-refractivity contribution in [1.29, 1.82) is 0 Å². The summed E-state index contributed by atoms with van der Waals surface area (Å²) >= 11 is 1.14. The van der Waals surface area contributed by atoms with Crippen LogP contribution in [0.15, 0.2) is 17.3 Å². The van der Waals surface area contributed by atoms with Crippen molar-refractivity contribution in [2.24, 2.45) is 0 Å². The van der Waals surface area contributed by atoms with Crippen LogP contribution in [-0.4, -0.2) is 14.9 Å². The Hall–Kier alpha value is -1.70. The Morgan fingerprint density at radius 1 is 1.14 bits per heavy atom. The Balaban J connectivity index is 2.20. The van der Waals surface area contributed by atoms with Crippen LogP contribution in [0, 0.1) is 20.8 Å². The van der Waals surface area contributed by atoms with Crippen LogP contribution in [-0.2, 0) is 11.9 Å². The third-order valence-corrected chi connectivity index (χ3v) is 4.07. The van der Waals surface area contributed by atoms with Crippen molar-refractivity contribution >= 4 is 11.8 Å². The van der Waals surface area contributed by atoms with Gasteiger partial charge in [0.25, 0.3) is 5.82 Å². The molecule has 21 heavy (non-hydrogen) atoms. The average Bonchev–Trinajstić information content (AvgIpc) is 2.69. The van der Waals surface area contributed by atoms with Crippen molar-refractivity contribution in [3.8, 4) is 0 Å². The number of aromatic nitrogens is 3. The molecule has 0 unspecified atom stereocenters. The maximum absolute atomic E-state index is 12.6. The van der Waals surface area contributed by atoms with Gasteiger partial charge in [0, 0.05) is 5.75 Å². The van der Waals surface area contributed by atoms with Gasteiger partial charge < -0.3 is 5.84 Å². The van der Waals surface area contributed by atoms with Gasteiger partial charge in [-0.2, -0.15) is 13.2 Å². The van der Waals surface area contributed by atoms with Gasteiger partial charge in [-0.1, -0.05) is 29.5 Å². The number of nitrogens with two attached hydrogens (primary N) is 1. The van der Waals surface area contributed by atoms with E-state index in [1.807, 2.05) is 32.9 Å². The zero-order valence-corrected chi connectivity index (χ0v) is 12.6. The van der Waals surface area contributed by atoms with E-state index in [9.17, 15) is 13.2 Å². The molecule has 114 valence electrons. The van der Waals surface area contributed by atoms with E-state index in [2.05, 4.69) is 10.2 Å². The molecule has 0 saturated heterocycles. The van der Waals surface area contributed by atoms with Crippen molar-refractivity contribution in [3.05, 3.63) is 40.2 Å². The molecular formula is C13H15F3N4S. The number of benzene rings is 1. The normalized spacial score (nSPS) is 11.9. The molecule has 1 aromatic carbocycles. The SMILES string of the molecule is Cc1cc(C)c(CSc2nnc(C(F)(F)F)n2N)c(C)c1. The Morgan fingerprint density at radius 2 is 1.71 bits per heavy atom. The molecule has 2 N–H and O–H groups in total. The van der Waals surface area contributed by atoms with Crippen molar-refractivity contribution < 1.29 is 13.2 Å². The van der Waals surface area contributed by atoms with Crippen LogP contribution in [0.5, 0.6) is 0 Å². The minimum absolute atomic E-state index is 0.0432. The molecule has 0 bridgehead atoms. The molecule has 0 radical (unpaired) electrons.